The molecule has 4 amide bonds. The average Bonchev–Trinajstić information content (AvgIpc) is 3.36. The molecule has 1 saturated heterocycles. The maximum absolute atomic E-state index is 13.3. The number of hydrogen-bond acceptors (Lipinski definition) is 4. The minimum Gasteiger partial charge on any atom is -0.467 e. The molecule has 1 aliphatic carbocycles. The predicted molar refractivity (Wildman–Crippen MR) is 110 cm³/mol. The second-order valence-corrected chi connectivity index (χ2v) is 7.95. The fourth-order valence-electron chi connectivity index (χ4n) is 4.01. The van der Waals surface area contributed by atoms with E-state index in [-0.39, 0.29) is 19.0 Å². The minimum atomic E-state index is -1.36. The Labute approximate surface area is 179 Å². The van der Waals surface area contributed by atoms with Gasteiger partial charge in [-0.3, -0.25) is 14.5 Å². The number of carbonyl (C=O) groups excluding carboxylic acids is 3. The van der Waals surface area contributed by atoms with Crippen molar-refractivity contribution in [1.29, 1.82) is 0 Å². The number of halogens is 1. The molecular weight excluding hydrogens is 401 g/mol. The normalized spacial score (nSPS) is 21.1. The standard InChI is InChI=1S/C23H24FN3O4/c1-23(16-9-11-17(24)12-10-16)21(29)27(22(30)25-23)15-20(28)26(14-19-8-5-13-31-19)18-6-3-2-4-7-18/h5-6,8-13H,2-4,7,14-15H2,1H3,(H,25,30). The van der Waals surface area contributed by atoms with Gasteiger partial charge in [-0.25, -0.2) is 9.18 Å². The highest BCUT2D eigenvalue weighted by atomic mass is 19.1. The Morgan fingerprint density at radius 2 is 2.00 bits per heavy atom. The van der Waals surface area contributed by atoms with Crippen LogP contribution in [0.3, 0.4) is 0 Å². The van der Waals surface area contributed by atoms with Gasteiger partial charge in [0.05, 0.1) is 12.8 Å². The number of allylic oxidation sites excluding steroid dienone is 2. The van der Waals surface area contributed by atoms with E-state index in [2.05, 4.69) is 5.32 Å². The van der Waals surface area contributed by atoms with E-state index >= 15 is 0 Å². The van der Waals surface area contributed by atoms with E-state index < -0.39 is 23.3 Å². The predicted octanol–water partition coefficient (Wildman–Crippen LogP) is 3.67. The van der Waals surface area contributed by atoms with Crippen LogP contribution >= 0.6 is 0 Å². The number of rotatable bonds is 6. The molecule has 7 nitrogen and oxygen atoms in total. The third-order valence-electron chi connectivity index (χ3n) is 5.80. The molecule has 2 heterocycles. The number of carbonyl (C=O) groups is 3. The van der Waals surface area contributed by atoms with E-state index in [0.717, 1.165) is 36.3 Å². The quantitative estimate of drug-likeness (QED) is 0.716. The summed E-state index contributed by atoms with van der Waals surface area (Å²) < 4.78 is 18.7. The molecule has 8 heteroatoms. The molecule has 1 fully saturated rings. The van der Waals surface area contributed by atoms with Crippen LogP contribution < -0.4 is 5.32 Å². The van der Waals surface area contributed by atoms with Gasteiger partial charge in [0.2, 0.25) is 5.91 Å². The van der Waals surface area contributed by atoms with Crippen molar-refractivity contribution in [3.63, 3.8) is 0 Å². The molecule has 2 aromatic rings. The summed E-state index contributed by atoms with van der Waals surface area (Å²) >= 11 is 0. The Kier molecular flexibility index (Phi) is 5.63. The van der Waals surface area contributed by atoms with E-state index in [4.69, 9.17) is 4.42 Å². The molecular formula is C23H24FN3O4. The number of benzene rings is 1. The summed E-state index contributed by atoms with van der Waals surface area (Å²) in [5, 5.41) is 2.65. The summed E-state index contributed by atoms with van der Waals surface area (Å²) in [6.07, 6.45) is 7.23. The molecule has 1 aliphatic heterocycles. The van der Waals surface area contributed by atoms with Crippen LogP contribution in [0.1, 0.15) is 43.9 Å². The van der Waals surface area contributed by atoms with Crippen LogP contribution in [0.25, 0.3) is 0 Å². The van der Waals surface area contributed by atoms with Crippen molar-refractivity contribution in [2.75, 3.05) is 6.54 Å². The zero-order valence-corrected chi connectivity index (χ0v) is 17.3. The van der Waals surface area contributed by atoms with Gasteiger partial charge in [0.15, 0.2) is 0 Å². The van der Waals surface area contributed by atoms with E-state index in [0.29, 0.717) is 11.3 Å². The third-order valence-corrected chi connectivity index (χ3v) is 5.80. The SMILES string of the molecule is CC1(c2ccc(F)cc2)NC(=O)N(CC(=O)N(Cc2ccco2)C2=CCCCC2)C1=O. The first kappa shape index (κ1) is 20.8. The van der Waals surface area contributed by atoms with Gasteiger partial charge in [0, 0.05) is 5.70 Å². The van der Waals surface area contributed by atoms with Crippen LogP contribution in [0, 0.1) is 5.82 Å². The number of nitrogens with one attached hydrogen (secondary N) is 1. The van der Waals surface area contributed by atoms with E-state index in [1.165, 1.54) is 24.3 Å². The average molecular weight is 425 g/mol. The third kappa shape index (κ3) is 4.10. The van der Waals surface area contributed by atoms with E-state index in [9.17, 15) is 18.8 Å². The van der Waals surface area contributed by atoms with Gasteiger partial charge in [-0.15, -0.1) is 0 Å². The molecule has 162 valence electrons. The highest BCUT2D eigenvalue weighted by molar-refractivity contribution is 6.09. The molecule has 2 aliphatic rings. The monoisotopic (exact) mass is 425 g/mol. The van der Waals surface area contributed by atoms with Gasteiger partial charge in [-0.2, -0.15) is 0 Å². The first-order valence-electron chi connectivity index (χ1n) is 10.3. The Morgan fingerprint density at radius 3 is 2.65 bits per heavy atom. The van der Waals surface area contributed by atoms with E-state index in [1.54, 1.807) is 30.2 Å². The second-order valence-electron chi connectivity index (χ2n) is 7.95. The molecule has 1 aromatic heterocycles. The minimum absolute atomic E-state index is 0.233. The van der Waals surface area contributed by atoms with Gasteiger partial charge in [0.25, 0.3) is 5.91 Å². The number of hydrogen-bond donors (Lipinski definition) is 1. The fraction of sp³-hybridized carbons (Fsp3) is 0.348. The fourth-order valence-corrected chi connectivity index (χ4v) is 4.01. The lowest BCUT2D eigenvalue weighted by Gasteiger charge is -2.28. The van der Waals surface area contributed by atoms with Crippen LogP contribution in [0.4, 0.5) is 9.18 Å². The summed E-state index contributed by atoms with van der Waals surface area (Å²) in [5.41, 5.74) is -0.0355. The number of imide groups is 1. The van der Waals surface area contributed by atoms with Crippen LogP contribution in [0.15, 0.2) is 58.9 Å². The van der Waals surface area contributed by atoms with Crippen LogP contribution in [-0.4, -0.2) is 34.2 Å². The van der Waals surface area contributed by atoms with Crippen LogP contribution in [0.5, 0.6) is 0 Å². The number of amides is 4. The zero-order chi connectivity index (χ0) is 22.0. The topological polar surface area (TPSA) is 82.9 Å². The number of nitrogens with zero attached hydrogens (tertiary/aromatic N) is 2. The number of urea groups is 1. The van der Waals surface area contributed by atoms with Gasteiger partial charge in [0.1, 0.15) is 23.7 Å². The van der Waals surface area contributed by atoms with E-state index in [1.807, 2.05) is 6.08 Å². The molecule has 0 bridgehead atoms. The maximum atomic E-state index is 13.3. The maximum Gasteiger partial charge on any atom is 0.325 e. The molecule has 1 unspecified atom stereocenters. The summed E-state index contributed by atoms with van der Waals surface area (Å²) in [6.45, 7) is 1.39. The van der Waals surface area contributed by atoms with Crippen molar-refractivity contribution < 1.29 is 23.2 Å². The Morgan fingerprint density at radius 1 is 1.23 bits per heavy atom. The molecule has 1 N–H and O–H groups in total. The van der Waals surface area contributed by atoms with Crippen molar-refractivity contribution in [3.05, 3.63) is 71.6 Å². The Hall–Kier alpha value is -3.42. The highest BCUT2D eigenvalue weighted by Gasteiger charge is 2.49. The van der Waals surface area contributed by atoms with Crippen molar-refractivity contribution in [2.45, 2.75) is 44.7 Å². The molecule has 31 heavy (non-hydrogen) atoms. The van der Waals surface area contributed by atoms with Gasteiger partial charge < -0.3 is 14.6 Å². The molecule has 4 rings (SSSR count). The summed E-state index contributed by atoms with van der Waals surface area (Å²) in [4.78, 5) is 41.5. The highest BCUT2D eigenvalue weighted by Crippen LogP contribution is 2.30. The number of furan rings is 1. The largest absolute Gasteiger partial charge is 0.467 e. The zero-order valence-electron chi connectivity index (χ0n) is 17.3. The lowest BCUT2D eigenvalue weighted by atomic mass is 9.92. The Bertz CT molecular complexity index is 1020. The van der Waals surface area contributed by atoms with Crippen molar-refractivity contribution >= 4 is 17.8 Å². The summed E-state index contributed by atoms with van der Waals surface area (Å²) in [7, 11) is 0. The van der Waals surface area contributed by atoms with Gasteiger partial charge in [-0.1, -0.05) is 18.2 Å². The smallest absolute Gasteiger partial charge is 0.325 e. The first-order chi connectivity index (χ1) is 14.9. The van der Waals surface area contributed by atoms with Gasteiger partial charge >= 0.3 is 6.03 Å². The molecule has 0 radical (unpaired) electrons. The van der Waals surface area contributed by atoms with Crippen LogP contribution in [0.2, 0.25) is 0 Å². The second kappa shape index (κ2) is 8.37. The Balaban J connectivity index is 1.55. The van der Waals surface area contributed by atoms with Gasteiger partial charge in [-0.05, 0) is 62.4 Å². The first-order valence-corrected chi connectivity index (χ1v) is 10.3. The lowest BCUT2D eigenvalue weighted by Crippen LogP contribution is -2.44. The molecule has 0 saturated carbocycles. The summed E-state index contributed by atoms with van der Waals surface area (Å²) in [5.74, 6) is -0.733. The molecule has 1 atom stereocenters. The van der Waals surface area contributed by atoms with Crippen LogP contribution in [-0.2, 0) is 21.7 Å². The van der Waals surface area contributed by atoms with Crippen molar-refractivity contribution in [1.82, 2.24) is 15.1 Å². The lowest BCUT2D eigenvalue weighted by molar-refractivity contribution is -0.138. The molecule has 0 spiro atoms. The molecule has 1 aromatic carbocycles. The van der Waals surface area contributed by atoms with Crippen molar-refractivity contribution in [3.8, 4) is 0 Å². The van der Waals surface area contributed by atoms with Crippen molar-refractivity contribution in [2.24, 2.45) is 0 Å². The summed E-state index contributed by atoms with van der Waals surface area (Å²) in [6, 6.07) is 8.25.